The van der Waals surface area contributed by atoms with Crippen LogP contribution in [0.4, 0.5) is 0 Å². The van der Waals surface area contributed by atoms with Gasteiger partial charge in [0.2, 0.25) is 5.91 Å². The number of hydrogen-bond donors (Lipinski definition) is 4. The molecule has 6 nitrogen and oxygen atoms in total. The van der Waals surface area contributed by atoms with Crippen LogP contribution in [0.25, 0.3) is 11.0 Å². The van der Waals surface area contributed by atoms with Crippen molar-refractivity contribution in [2.45, 2.75) is 19.1 Å². The number of amides is 1. The third-order valence-corrected chi connectivity index (χ3v) is 2.69. The lowest BCUT2D eigenvalue weighted by Gasteiger charge is -2.18. The number of aliphatic hydroxyl groups is 2. The Bertz CT molecular complexity index is 552. The van der Waals surface area contributed by atoms with Gasteiger partial charge in [0.1, 0.15) is 17.9 Å². The standard InChI is InChI=1S/C12H15N3O3/c1-7(16)14-6-10(17)11(18)9-4-8-2-3-13-12(8)15-5-9/h2-5,10-11,17-18H,6H2,1H3,(H,13,15)(H,14,16). The van der Waals surface area contributed by atoms with Crippen molar-refractivity contribution >= 4 is 16.9 Å². The Balaban J connectivity index is 2.11. The fourth-order valence-corrected chi connectivity index (χ4v) is 1.70. The first-order valence-electron chi connectivity index (χ1n) is 5.61. The van der Waals surface area contributed by atoms with Crippen LogP contribution in [-0.4, -0.2) is 38.7 Å². The maximum absolute atomic E-state index is 10.7. The Morgan fingerprint density at radius 1 is 1.56 bits per heavy atom. The summed E-state index contributed by atoms with van der Waals surface area (Å²) >= 11 is 0. The van der Waals surface area contributed by atoms with Gasteiger partial charge in [0.25, 0.3) is 0 Å². The molecule has 96 valence electrons. The molecular formula is C12H15N3O3. The first kappa shape index (κ1) is 12.5. The smallest absolute Gasteiger partial charge is 0.216 e. The Morgan fingerprint density at radius 3 is 3.06 bits per heavy atom. The number of H-pyrrole nitrogens is 1. The SMILES string of the molecule is CC(=O)NCC(O)C(O)c1cnc2[nH]ccc2c1. The first-order valence-corrected chi connectivity index (χ1v) is 5.61. The highest BCUT2D eigenvalue weighted by atomic mass is 16.3. The van der Waals surface area contributed by atoms with Crippen LogP contribution in [0.5, 0.6) is 0 Å². The molecule has 4 N–H and O–H groups in total. The quantitative estimate of drug-likeness (QED) is 0.617. The zero-order valence-corrected chi connectivity index (χ0v) is 9.92. The Kier molecular flexibility index (Phi) is 3.59. The van der Waals surface area contributed by atoms with Crippen molar-refractivity contribution in [3.05, 3.63) is 30.1 Å². The van der Waals surface area contributed by atoms with E-state index in [2.05, 4.69) is 15.3 Å². The van der Waals surface area contributed by atoms with E-state index in [4.69, 9.17) is 0 Å². The average molecular weight is 249 g/mol. The minimum Gasteiger partial charge on any atom is -0.388 e. The summed E-state index contributed by atoms with van der Waals surface area (Å²) in [5.41, 5.74) is 1.24. The van der Waals surface area contributed by atoms with Gasteiger partial charge in [0.05, 0.1) is 0 Å². The van der Waals surface area contributed by atoms with Gasteiger partial charge in [-0.05, 0) is 12.1 Å². The summed E-state index contributed by atoms with van der Waals surface area (Å²) in [6.45, 7) is 1.36. The number of carbonyl (C=O) groups excluding carboxylic acids is 1. The molecule has 0 bridgehead atoms. The first-order chi connectivity index (χ1) is 8.58. The van der Waals surface area contributed by atoms with Gasteiger partial charge in [-0.2, -0.15) is 0 Å². The van der Waals surface area contributed by atoms with E-state index in [0.717, 1.165) is 11.0 Å². The van der Waals surface area contributed by atoms with Crippen LogP contribution in [0.3, 0.4) is 0 Å². The fraction of sp³-hybridized carbons (Fsp3) is 0.333. The Labute approximate surface area is 104 Å². The van der Waals surface area contributed by atoms with E-state index in [0.29, 0.717) is 5.56 Å². The molecule has 6 heteroatoms. The summed E-state index contributed by atoms with van der Waals surface area (Å²) in [5.74, 6) is -0.250. The lowest BCUT2D eigenvalue weighted by Crippen LogP contribution is -2.34. The number of hydrogen-bond acceptors (Lipinski definition) is 4. The molecular weight excluding hydrogens is 234 g/mol. The van der Waals surface area contributed by atoms with E-state index in [1.807, 2.05) is 6.07 Å². The minimum absolute atomic E-state index is 0.00166. The van der Waals surface area contributed by atoms with E-state index >= 15 is 0 Å². The van der Waals surface area contributed by atoms with Crippen molar-refractivity contribution in [3.63, 3.8) is 0 Å². The minimum atomic E-state index is -1.08. The maximum Gasteiger partial charge on any atom is 0.216 e. The number of carbonyl (C=O) groups is 1. The highest BCUT2D eigenvalue weighted by Gasteiger charge is 2.19. The molecule has 0 aliphatic carbocycles. The largest absolute Gasteiger partial charge is 0.388 e. The van der Waals surface area contributed by atoms with Gasteiger partial charge in [-0.3, -0.25) is 4.79 Å². The summed E-state index contributed by atoms with van der Waals surface area (Å²) in [6, 6.07) is 3.58. The molecule has 18 heavy (non-hydrogen) atoms. The van der Waals surface area contributed by atoms with Crippen LogP contribution >= 0.6 is 0 Å². The maximum atomic E-state index is 10.7. The van der Waals surface area contributed by atoms with Gasteiger partial charge >= 0.3 is 0 Å². The zero-order valence-electron chi connectivity index (χ0n) is 9.92. The van der Waals surface area contributed by atoms with Gasteiger partial charge in [0, 0.05) is 36.8 Å². The third-order valence-electron chi connectivity index (χ3n) is 2.69. The molecule has 1 amide bonds. The van der Waals surface area contributed by atoms with Crippen molar-refractivity contribution in [2.75, 3.05) is 6.54 Å². The van der Waals surface area contributed by atoms with Crippen LogP contribution in [0, 0.1) is 0 Å². The number of nitrogens with one attached hydrogen (secondary N) is 2. The van der Waals surface area contributed by atoms with Crippen molar-refractivity contribution in [3.8, 4) is 0 Å². The molecule has 0 saturated carbocycles. The van der Waals surface area contributed by atoms with E-state index < -0.39 is 12.2 Å². The number of aliphatic hydroxyl groups excluding tert-OH is 2. The van der Waals surface area contributed by atoms with E-state index in [9.17, 15) is 15.0 Å². The van der Waals surface area contributed by atoms with Crippen LogP contribution in [0.2, 0.25) is 0 Å². The number of aromatic nitrogens is 2. The van der Waals surface area contributed by atoms with Crippen molar-refractivity contribution in [1.82, 2.24) is 15.3 Å². The molecule has 0 aliphatic rings. The monoisotopic (exact) mass is 249 g/mol. The van der Waals surface area contributed by atoms with Crippen LogP contribution < -0.4 is 5.32 Å². The molecule has 0 aromatic carbocycles. The van der Waals surface area contributed by atoms with Crippen LogP contribution in [-0.2, 0) is 4.79 Å². The van der Waals surface area contributed by atoms with E-state index in [1.54, 1.807) is 12.3 Å². The average Bonchev–Trinajstić information content (AvgIpc) is 2.81. The van der Waals surface area contributed by atoms with Gasteiger partial charge in [-0.15, -0.1) is 0 Å². The topological polar surface area (TPSA) is 98.2 Å². The summed E-state index contributed by atoms with van der Waals surface area (Å²) < 4.78 is 0. The van der Waals surface area contributed by atoms with Gasteiger partial charge in [-0.1, -0.05) is 0 Å². The molecule has 0 aliphatic heterocycles. The molecule has 2 aromatic rings. The fourth-order valence-electron chi connectivity index (χ4n) is 1.70. The summed E-state index contributed by atoms with van der Waals surface area (Å²) in [6.07, 6.45) is 1.11. The van der Waals surface area contributed by atoms with Crippen LogP contribution in [0.15, 0.2) is 24.5 Å². The zero-order chi connectivity index (χ0) is 13.1. The summed E-state index contributed by atoms with van der Waals surface area (Å²) in [4.78, 5) is 17.8. The molecule has 2 unspecified atom stereocenters. The lowest BCUT2D eigenvalue weighted by atomic mass is 10.1. The number of fused-ring (bicyclic) bond motifs is 1. The normalized spacial score (nSPS) is 14.4. The van der Waals surface area contributed by atoms with Crippen molar-refractivity contribution in [1.29, 1.82) is 0 Å². The second kappa shape index (κ2) is 5.16. The summed E-state index contributed by atoms with van der Waals surface area (Å²) in [5, 5.41) is 23.0. The second-order valence-corrected chi connectivity index (χ2v) is 4.13. The molecule has 0 saturated heterocycles. The molecule has 2 atom stereocenters. The number of aromatic amines is 1. The predicted octanol–water partition coefficient (Wildman–Crippen LogP) is 0.0933. The predicted molar refractivity (Wildman–Crippen MR) is 65.7 cm³/mol. The lowest BCUT2D eigenvalue weighted by molar-refractivity contribution is -0.119. The van der Waals surface area contributed by atoms with Crippen molar-refractivity contribution < 1.29 is 15.0 Å². The van der Waals surface area contributed by atoms with Gasteiger partial charge in [-0.25, -0.2) is 4.98 Å². The Hall–Kier alpha value is -1.92. The number of nitrogens with zero attached hydrogens (tertiary/aromatic N) is 1. The summed E-state index contributed by atoms with van der Waals surface area (Å²) in [7, 11) is 0. The molecule has 0 radical (unpaired) electrons. The highest BCUT2D eigenvalue weighted by molar-refractivity contribution is 5.75. The van der Waals surface area contributed by atoms with Crippen LogP contribution in [0.1, 0.15) is 18.6 Å². The Morgan fingerprint density at radius 2 is 2.33 bits per heavy atom. The van der Waals surface area contributed by atoms with Gasteiger partial charge in [0.15, 0.2) is 0 Å². The number of pyridine rings is 1. The third kappa shape index (κ3) is 2.66. The highest BCUT2D eigenvalue weighted by Crippen LogP contribution is 2.19. The van der Waals surface area contributed by atoms with Gasteiger partial charge < -0.3 is 20.5 Å². The molecule has 0 spiro atoms. The molecule has 2 aromatic heterocycles. The van der Waals surface area contributed by atoms with E-state index in [1.165, 1.54) is 13.1 Å². The molecule has 2 heterocycles. The molecule has 0 fully saturated rings. The van der Waals surface area contributed by atoms with E-state index in [-0.39, 0.29) is 12.5 Å². The second-order valence-electron chi connectivity index (χ2n) is 4.13. The molecule has 2 rings (SSSR count). The van der Waals surface area contributed by atoms with Crippen molar-refractivity contribution in [2.24, 2.45) is 0 Å². The number of rotatable bonds is 4.